The monoisotopic (exact) mass is 380 g/mol. The average molecular weight is 381 g/mol. The molecular formula is C12H17BrN2O5S. The molecule has 7 nitrogen and oxygen atoms in total. The van der Waals surface area contributed by atoms with Crippen molar-refractivity contribution in [2.24, 2.45) is 5.92 Å². The van der Waals surface area contributed by atoms with Crippen molar-refractivity contribution in [2.75, 3.05) is 6.61 Å². The van der Waals surface area contributed by atoms with Crippen LogP contribution in [-0.4, -0.2) is 31.1 Å². The summed E-state index contributed by atoms with van der Waals surface area (Å²) in [6.45, 7) is 3.40. The first-order chi connectivity index (χ1) is 9.67. The molecule has 1 aromatic carbocycles. The number of aliphatic hydroxyl groups excluding tert-OH is 1. The molecule has 0 aliphatic heterocycles. The number of halogens is 1. The average Bonchev–Trinajstić information content (AvgIpc) is 2.36. The van der Waals surface area contributed by atoms with E-state index in [1.165, 1.54) is 12.1 Å². The number of sulfonamides is 1. The van der Waals surface area contributed by atoms with Gasteiger partial charge in [0.05, 0.1) is 11.5 Å². The maximum atomic E-state index is 12.3. The van der Waals surface area contributed by atoms with E-state index in [2.05, 4.69) is 20.7 Å². The molecule has 21 heavy (non-hydrogen) atoms. The molecule has 0 radical (unpaired) electrons. The van der Waals surface area contributed by atoms with Crippen molar-refractivity contribution in [3.63, 3.8) is 0 Å². The number of nitro benzene ring substituents is 1. The molecule has 0 saturated carbocycles. The number of hydrogen-bond donors (Lipinski definition) is 2. The van der Waals surface area contributed by atoms with Crippen LogP contribution in [0, 0.1) is 16.0 Å². The maximum Gasteiger partial charge on any atom is 0.289 e. The second-order valence-electron chi connectivity index (χ2n) is 5.00. The van der Waals surface area contributed by atoms with Crippen LogP contribution in [-0.2, 0) is 10.0 Å². The van der Waals surface area contributed by atoms with Gasteiger partial charge in [-0.3, -0.25) is 10.1 Å². The van der Waals surface area contributed by atoms with Crippen LogP contribution in [0.3, 0.4) is 0 Å². The van der Waals surface area contributed by atoms with Crippen LogP contribution in [0.4, 0.5) is 5.69 Å². The SMILES string of the molecule is CC(C)CC(CO)NS(=O)(=O)c1cc(Br)ccc1[N+](=O)[O-]. The zero-order chi connectivity index (χ0) is 16.2. The van der Waals surface area contributed by atoms with Crippen molar-refractivity contribution in [1.29, 1.82) is 0 Å². The van der Waals surface area contributed by atoms with Crippen LogP contribution in [0.1, 0.15) is 20.3 Å². The van der Waals surface area contributed by atoms with Gasteiger partial charge in [-0.2, -0.15) is 0 Å². The summed E-state index contributed by atoms with van der Waals surface area (Å²) >= 11 is 3.10. The predicted molar refractivity (Wildman–Crippen MR) is 81.4 cm³/mol. The summed E-state index contributed by atoms with van der Waals surface area (Å²) < 4.78 is 27.4. The fraction of sp³-hybridized carbons (Fsp3) is 0.500. The van der Waals surface area contributed by atoms with Gasteiger partial charge in [0.25, 0.3) is 5.69 Å². The predicted octanol–water partition coefficient (Wildman–Crippen LogP) is 2.04. The Morgan fingerprint density at radius 3 is 2.52 bits per heavy atom. The summed E-state index contributed by atoms with van der Waals surface area (Å²) in [4.78, 5) is 9.78. The Morgan fingerprint density at radius 2 is 2.05 bits per heavy atom. The van der Waals surface area contributed by atoms with E-state index in [-0.39, 0.29) is 12.5 Å². The Morgan fingerprint density at radius 1 is 1.43 bits per heavy atom. The zero-order valence-electron chi connectivity index (χ0n) is 11.6. The molecule has 0 aliphatic rings. The number of nitro groups is 1. The third-order valence-corrected chi connectivity index (χ3v) is 4.75. The molecule has 1 aromatic rings. The van der Waals surface area contributed by atoms with Crippen molar-refractivity contribution in [3.8, 4) is 0 Å². The Kier molecular flexibility index (Phi) is 6.26. The molecule has 0 heterocycles. The third kappa shape index (κ3) is 5.03. The Bertz CT molecular complexity index is 618. The van der Waals surface area contributed by atoms with Crippen molar-refractivity contribution in [1.82, 2.24) is 4.72 Å². The molecule has 0 saturated heterocycles. The van der Waals surface area contributed by atoms with E-state index in [1.54, 1.807) is 0 Å². The van der Waals surface area contributed by atoms with Crippen LogP contribution in [0.25, 0.3) is 0 Å². The summed E-state index contributed by atoms with van der Waals surface area (Å²) in [6.07, 6.45) is 0.428. The number of benzene rings is 1. The van der Waals surface area contributed by atoms with Gasteiger partial charge in [0.2, 0.25) is 10.0 Å². The van der Waals surface area contributed by atoms with E-state index in [9.17, 15) is 23.6 Å². The lowest BCUT2D eigenvalue weighted by molar-refractivity contribution is -0.387. The van der Waals surface area contributed by atoms with Crippen molar-refractivity contribution < 1.29 is 18.4 Å². The molecule has 1 atom stereocenters. The lowest BCUT2D eigenvalue weighted by Crippen LogP contribution is -2.38. The smallest absolute Gasteiger partial charge is 0.289 e. The van der Waals surface area contributed by atoms with Gasteiger partial charge in [-0.05, 0) is 24.5 Å². The highest BCUT2D eigenvalue weighted by Gasteiger charge is 2.28. The maximum absolute atomic E-state index is 12.3. The van der Waals surface area contributed by atoms with Crippen molar-refractivity contribution in [2.45, 2.75) is 31.2 Å². The number of nitrogens with one attached hydrogen (secondary N) is 1. The van der Waals surface area contributed by atoms with E-state index in [4.69, 9.17) is 0 Å². The summed E-state index contributed by atoms with van der Waals surface area (Å²) in [5.41, 5.74) is -0.507. The summed E-state index contributed by atoms with van der Waals surface area (Å²) in [5.74, 6) is 0.169. The molecule has 2 N–H and O–H groups in total. The van der Waals surface area contributed by atoms with Gasteiger partial charge in [-0.25, -0.2) is 13.1 Å². The van der Waals surface area contributed by atoms with Gasteiger partial charge in [0, 0.05) is 16.6 Å². The van der Waals surface area contributed by atoms with Crippen molar-refractivity contribution >= 4 is 31.6 Å². The second kappa shape index (κ2) is 7.30. The molecule has 0 bridgehead atoms. The number of nitrogens with zero attached hydrogens (tertiary/aromatic N) is 1. The highest BCUT2D eigenvalue weighted by Crippen LogP contribution is 2.27. The quantitative estimate of drug-likeness (QED) is 0.555. The summed E-state index contributed by atoms with van der Waals surface area (Å²) in [7, 11) is -4.10. The molecule has 0 aliphatic carbocycles. The fourth-order valence-corrected chi connectivity index (χ4v) is 3.82. The fourth-order valence-electron chi connectivity index (χ4n) is 1.87. The van der Waals surface area contributed by atoms with E-state index < -0.39 is 31.6 Å². The first kappa shape index (κ1) is 18.0. The van der Waals surface area contributed by atoms with Gasteiger partial charge in [0.15, 0.2) is 4.90 Å². The topological polar surface area (TPSA) is 110 Å². The van der Waals surface area contributed by atoms with Crippen LogP contribution < -0.4 is 4.72 Å². The minimum absolute atomic E-state index is 0.169. The van der Waals surface area contributed by atoms with Gasteiger partial charge >= 0.3 is 0 Å². The molecular weight excluding hydrogens is 364 g/mol. The van der Waals surface area contributed by atoms with Crippen molar-refractivity contribution in [3.05, 3.63) is 32.8 Å². The van der Waals surface area contributed by atoms with Gasteiger partial charge in [0.1, 0.15) is 0 Å². The lowest BCUT2D eigenvalue weighted by atomic mass is 10.1. The summed E-state index contributed by atoms with van der Waals surface area (Å²) in [6, 6.07) is 3.00. The van der Waals surface area contributed by atoms with E-state index in [0.29, 0.717) is 10.9 Å². The number of rotatable bonds is 7. The Hall–Kier alpha value is -1.03. The minimum Gasteiger partial charge on any atom is -0.395 e. The molecule has 9 heteroatoms. The second-order valence-corrected chi connectivity index (χ2v) is 7.60. The zero-order valence-corrected chi connectivity index (χ0v) is 14.0. The van der Waals surface area contributed by atoms with Gasteiger partial charge in [-0.1, -0.05) is 29.8 Å². The Balaban J connectivity index is 3.18. The van der Waals surface area contributed by atoms with E-state index in [1.807, 2.05) is 13.8 Å². The number of aliphatic hydroxyl groups is 1. The van der Waals surface area contributed by atoms with Gasteiger partial charge in [-0.15, -0.1) is 0 Å². The molecule has 0 aromatic heterocycles. The lowest BCUT2D eigenvalue weighted by Gasteiger charge is -2.18. The van der Waals surface area contributed by atoms with Crippen LogP contribution >= 0.6 is 15.9 Å². The minimum atomic E-state index is -4.10. The first-order valence-electron chi connectivity index (χ1n) is 6.24. The molecule has 0 amide bonds. The first-order valence-corrected chi connectivity index (χ1v) is 8.52. The standard InChI is InChI=1S/C12H17BrN2O5S/c1-8(2)5-10(7-16)14-21(19,20)12-6-9(13)3-4-11(12)15(17)18/h3-4,6,8,10,14,16H,5,7H2,1-2H3. The number of hydrogen-bond acceptors (Lipinski definition) is 5. The van der Waals surface area contributed by atoms with Gasteiger partial charge < -0.3 is 5.11 Å². The third-order valence-electron chi connectivity index (χ3n) is 2.71. The van der Waals surface area contributed by atoms with Crippen LogP contribution in [0.5, 0.6) is 0 Å². The molecule has 1 unspecified atom stereocenters. The molecule has 1 rings (SSSR count). The molecule has 0 spiro atoms. The Labute approximate surface area is 131 Å². The molecule has 0 fully saturated rings. The van der Waals surface area contributed by atoms with Crippen LogP contribution in [0.2, 0.25) is 0 Å². The molecule has 118 valence electrons. The van der Waals surface area contributed by atoms with E-state index >= 15 is 0 Å². The normalized spacial score (nSPS) is 13.4. The summed E-state index contributed by atoms with van der Waals surface area (Å²) in [5, 5.41) is 20.2. The largest absolute Gasteiger partial charge is 0.395 e. The van der Waals surface area contributed by atoms with E-state index in [0.717, 1.165) is 6.07 Å². The van der Waals surface area contributed by atoms with Crippen LogP contribution in [0.15, 0.2) is 27.6 Å². The highest BCUT2D eigenvalue weighted by molar-refractivity contribution is 9.10. The highest BCUT2D eigenvalue weighted by atomic mass is 79.9.